The Morgan fingerprint density at radius 1 is 0.808 bits per heavy atom. The summed E-state index contributed by atoms with van der Waals surface area (Å²) in [7, 11) is 0. The van der Waals surface area contributed by atoms with E-state index < -0.39 is 0 Å². The Morgan fingerprint density at radius 2 is 1.62 bits per heavy atom. The molecule has 0 aliphatic heterocycles. The number of pyridine rings is 1. The lowest BCUT2D eigenvalue weighted by Gasteiger charge is -2.11. The van der Waals surface area contributed by atoms with E-state index >= 15 is 0 Å². The number of anilines is 2. The first kappa shape index (κ1) is 15.8. The topological polar surface area (TPSA) is 76.5 Å². The number of rotatable bonds is 4. The number of halogens is 1. The van der Waals surface area contributed by atoms with Crippen LogP contribution in [0.5, 0.6) is 0 Å². The normalized spacial score (nSPS) is 10.5. The van der Waals surface area contributed by atoms with Crippen molar-refractivity contribution in [3.05, 3.63) is 79.5 Å². The Labute approximate surface area is 148 Å². The van der Waals surface area contributed by atoms with Gasteiger partial charge in [-0.2, -0.15) is 0 Å². The number of nitrogens with zero attached hydrogens (tertiary/aromatic N) is 5. The van der Waals surface area contributed by atoms with Gasteiger partial charge in [-0.15, -0.1) is 0 Å². The van der Waals surface area contributed by atoms with Crippen molar-refractivity contribution in [1.82, 2.24) is 24.9 Å². The fraction of sp³-hybridized carbons (Fsp3) is 0. The molecular weight excluding hydrogens is 331 g/mol. The zero-order chi connectivity index (χ0) is 17.8. The van der Waals surface area contributed by atoms with Crippen LogP contribution in [0, 0.1) is 5.82 Å². The molecule has 0 radical (unpaired) electrons. The lowest BCUT2D eigenvalue weighted by Crippen LogP contribution is -2.00. The molecule has 1 N–H and O–H groups in total. The highest BCUT2D eigenvalue weighted by Crippen LogP contribution is 2.30. The molecular formula is C19H13FN6. The second-order valence-electron chi connectivity index (χ2n) is 5.45. The van der Waals surface area contributed by atoms with E-state index in [-0.39, 0.29) is 5.82 Å². The van der Waals surface area contributed by atoms with Crippen LogP contribution in [0.25, 0.3) is 22.5 Å². The first-order valence-corrected chi connectivity index (χ1v) is 7.85. The van der Waals surface area contributed by atoms with Crippen molar-refractivity contribution in [3.63, 3.8) is 0 Å². The monoisotopic (exact) mass is 344 g/mol. The molecule has 126 valence electrons. The minimum atomic E-state index is -0.334. The van der Waals surface area contributed by atoms with Gasteiger partial charge in [0, 0.05) is 23.5 Å². The summed E-state index contributed by atoms with van der Waals surface area (Å²) in [5.74, 6) is 0.177. The summed E-state index contributed by atoms with van der Waals surface area (Å²) in [4.78, 5) is 21.1. The maximum Gasteiger partial charge on any atom is 0.149 e. The van der Waals surface area contributed by atoms with Gasteiger partial charge in [0.15, 0.2) is 0 Å². The average molecular weight is 344 g/mol. The summed E-state index contributed by atoms with van der Waals surface area (Å²) in [6, 6.07) is 9.95. The molecule has 0 fully saturated rings. The van der Waals surface area contributed by atoms with E-state index in [9.17, 15) is 4.39 Å². The highest BCUT2D eigenvalue weighted by molar-refractivity contribution is 5.78. The fourth-order valence-electron chi connectivity index (χ4n) is 2.52. The standard InChI is InChI=1S/C19H13FN6/c20-15-3-1-2-14(8-15)19-18(13-4-6-21-7-5-13)24-11-17(26-19)25-16-9-22-12-23-10-16/h1-12H,(H,25,26). The van der Waals surface area contributed by atoms with E-state index in [1.165, 1.54) is 18.5 Å². The smallest absolute Gasteiger partial charge is 0.149 e. The van der Waals surface area contributed by atoms with Gasteiger partial charge in [0.25, 0.3) is 0 Å². The summed E-state index contributed by atoms with van der Waals surface area (Å²) in [6.07, 6.45) is 9.69. The molecule has 0 amide bonds. The van der Waals surface area contributed by atoms with Crippen LogP contribution < -0.4 is 5.32 Å². The number of aromatic nitrogens is 5. The molecule has 0 spiro atoms. The number of benzene rings is 1. The second kappa shape index (κ2) is 7.02. The predicted molar refractivity (Wildman–Crippen MR) is 96.0 cm³/mol. The average Bonchev–Trinajstić information content (AvgIpc) is 2.69. The van der Waals surface area contributed by atoms with Gasteiger partial charge in [-0.05, 0) is 24.3 Å². The van der Waals surface area contributed by atoms with Crippen LogP contribution in [-0.4, -0.2) is 24.9 Å². The van der Waals surface area contributed by atoms with Crippen LogP contribution in [0.4, 0.5) is 15.9 Å². The Kier molecular flexibility index (Phi) is 4.26. The Hall–Kier alpha value is -3.74. The quantitative estimate of drug-likeness (QED) is 0.605. The molecule has 0 unspecified atom stereocenters. The van der Waals surface area contributed by atoms with Crippen molar-refractivity contribution in [3.8, 4) is 22.5 Å². The van der Waals surface area contributed by atoms with E-state index in [0.717, 1.165) is 5.56 Å². The third kappa shape index (κ3) is 3.36. The van der Waals surface area contributed by atoms with E-state index in [1.807, 2.05) is 12.1 Å². The van der Waals surface area contributed by atoms with Gasteiger partial charge < -0.3 is 5.32 Å². The molecule has 0 aliphatic rings. The van der Waals surface area contributed by atoms with E-state index in [1.54, 1.807) is 43.1 Å². The molecule has 26 heavy (non-hydrogen) atoms. The molecule has 3 aromatic heterocycles. The number of nitrogens with one attached hydrogen (secondary N) is 1. The zero-order valence-corrected chi connectivity index (χ0v) is 13.5. The number of hydrogen-bond donors (Lipinski definition) is 1. The van der Waals surface area contributed by atoms with Gasteiger partial charge >= 0.3 is 0 Å². The van der Waals surface area contributed by atoms with Gasteiger partial charge in [-0.3, -0.25) is 9.97 Å². The van der Waals surface area contributed by atoms with Crippen molar-refractivity contribution in [2.24, 2.45) is 0 Å². The van der Waals surface area contributed by atoms with Gasteiger partial charge in [0.2, 0.25) is 0 Å². The molecule has 4 rings (SSSR count). The van der Waals surface area contributed by atoms with Gasteiger partial charge in [0.1, 0.15) is 18.0 Å². The minimum absolute atomic E-state index is 0.334. The van der Waals surface area contributed by atoms with Crippen LogP contribution in [0.1, 0.15) is 0 Å². The fourth-order valence-corrected chi connectivity index (χ4v) is 2.52. The summed E-state index contributed by atoms with van der Waals surface area (Å²) in [6.45, 7) is 0. The van der Waals surface area contributed by atoms with Gasteiger partial charge in [0.05, 0.1) is 35.7 Å². The molecule has 0 atom stereocenters. The molecule has 7 heteroatoms. The van der Waals surface area contributed by atoms with E-state index in [0.29, 0.717) is 28.5 Å². The van der Waals surface area contributed by atoms with Crippen LogP contribution >= 0.6 is 0 Å². The van der Waals surface area contributed by atoms with Crippen LogP contribution in [0.3, 0.4) is 0 Å². The second-order valence-corrected chi connectivity index (χ2v) is 5.45. The minimum Gasteiger partial charge on any atom is -0.336 e. The highest BCUT2D eigenvalue weighted by Gasteiger charge is 2.13. The third-order valence-corrected chi connectivity index (χ3v) is 3.66. The summed E-state index contributed by atoms with van der Waals surface area (Å²) in [5.41, 5.74) is 3.38. The lowest BCUT2D eigenvalue weighted by molar-refractivity contribution is 0.628. The molecule has 1 aromatic carbocycles. The number of hydrogen-bond acceptors (Lipinski definition) is 6. The Bertz CT molecular complexity index is 1020. The van der Waals surface area contributed by atoms with Crippen LogP contribution in [0.2, 0.25) is 0 Å². The molecule has 3 heterocycles. The lowest BCUT2D eigenvalue weighted by atomic mass is 10.0. The van der Waals surface area contributed by atoms with Gasteiger partial charge in [-0.1, -0.05) is 12.1 Å². The maximum absolute atomic E-state index is 13.7. The Balaban J connectivity index is 1.82. The third-order valence-electron chi connectivity index (χ3n) is 3.66. The summed E-state index contributed by atoms with van der Waals surface area (Å²) < 4.78 is 13.7. The highest BCUT2D eigenvalue weighted by atomic mass is 19.1. The first-order valence-electron chi connectivity index (χ1n) is 7.85. The SMILES string of the molecule is Fc1cccc(-c2nc(Nc3cncnc3)cnc2-c2ccncc2)c1. The molecule has 0 aliphatic carbocycles. The van der Waals surface area contributed by atoms with Crippen molar-refractivity contribution in [2.75, 3.05) is 5.32 Å². The van der Waals surface area contributed by atoms with Crippen LogP contribution in [-0.2, 0) is 0 Å². The largest absolute Gasteiger partial charge is 0.336 e. The first-order chi connectivity index (χ1) is 12.8. The molecule has 0 saturated carbocycles. The van der Waals surface area contributed by atoms with Crippen molar-refractivity contribution >= 4 is 11.5 Å². The molecule has 0 bridgehead atoms. The molecule has 0 saturated heterocycles. The molecule has 6 nitrogen and oxygen atoms in total. The van der Waals surface area contributed by atoms with Gasteiger partial charge in [-0.25, -0.2) is 19.3 Å². The summed E-state index contributed by atoms with van der Waals surface area (Å²) >= 11 is 0. The van der Waals surface area contributed by atoms with Crippen molar-refractivity contribution in [1.29, 1.82) is 0 Å². The predicted octanol–water partition coefficient (Wildman–Crippen LogP) is 3.88. The van der Waals surface area contributed by atoms with Crippen LogP contribution in [0.15, 0.2) is 73.7 Å². The van der Waals surface area contributed by atoms with E-state index in [2.05, 4.69) is 30.2 Å². The maximum atomic E-state index is 13.7. The molecule has 4 aromatic rings. The van der Waals surface area contributed by atoms with Crippen molar-refractivity contribution in [2.45, 2.75) is 0 Å². The van der Waals surface area contributed by atoms with Crippen molar-refractivity contribution < 1.29 is 4.39 Å². The Morgan fingerprint density at radius 3 is 2.38 bits per heavy atom. The van der Waals surface area contributed by atoms with E-state index in [4.69, 9.17) is 0 Å². The zero-order valence-electron chi connectivity index (χ0n) is 13.5. The summed E-state index contributed by atoms with van der Waals surface area (Å²) in [5, 5.41) is 3.10.